The lowest BCUT2D eigenvalue weighted by molar-refractivity contribution is -0.138. The molecule has 1 aliphatic heterocycles. The molecule has 8 heteroatoms. The average Bonchev–Trinajstić information content (AvgIpc) is 2.43. The Hall–Kier alpha value is -0.690. The van der Waals surface area contributed by atoms with Crippen LogP contribution in [0, 0.1) is 0 Å². The van der Waals surface area contributed by atoms with E-state index in [1.165, 1.54) is 12.1 Å². The lowest BCUT2D eigenvalue weighted by Gasteiger charge is -2.35. The molecule has 1 heterocycles. The Morgan fingerprint density at radius 1 is 1.27 bits per heavy atom. The highest BCUT2D eigenvalue weighted by Gasteiger charge is 2.32. The van der Waals surface area contributed by atoms with Gasteiger partial charge in [0.15, 0.2) is 0 Å². The van der Waals surface area contributed by atoms with Crippen molar-refractivity contribution in [3.05, 3.63) is 28.8 Å². The van der Waals surface area contributed by atoms with Crippen molar-refractivity contribution >= 4 is 24.0 Å². The number of alkyl halides is 3. The summed E-state index contributed by atoms with van der Waals surface area (Å²) in [5.74, 6) is -0.00916. The number of hydrogen-bond acceptors (Lipinski definition) is 3. The van der Waals surface area contributed by atoms with Crippen LogP contribution in [0.2, 0.25) is 5.02 Å². The van der Waals surface area contributed by atoms with Gasteiger partial charge in [-0.05, 0) is 24.6 Å². The van der Waals surface area contributed by atoms with E-state index in [2.05, 4.69) is 5.32 Å². The minimum atomic E-state index is -4.21. The largest absolute Gasteiger partial charge is 0.508 e. The van der Waals surface area contributed by atoms with E-state index in [4.69, 9.17) is 11.6 Å². The highest BCUT2D eigenvalue weighted by molar-refractivity contribution is 6.30. The van der Waals surface area contributed by atoms with Crippen LogP contribution in [0.25, 0.3) is 0 Å². The number of nitrogens with one attached hydrogen (secondary N) is 1. The SMILES string of the molecule is Cl.Oc1ccc(Cl)cc1[C@H](CCC(F)(F)F)N1CCNCC1. The van der Waals surface area contributed by atoms with Gasteiger partial charge in [-0.15, -0.1) is 12.4 Å². The van der Waals surface area contributed by atoms with E-state index in [1.54, 1.807) is 6.07 Å². The van der Waals surface area contributed by atoms with Crippen LogP contribution in [0.5, 0.6) is 5.75 Å². The Labute approximate surface area is 138 Å². The van der Waals surface area contributed by atoms with Gasteiger partial charge in [0.1, 0.15) is 5.75 Å². The maximum Gasteiger partial charge on any atom is 0.389 e. The van der Waals surface area contributed by atoms with E-state index in [9.17, 15) is 18.3 Å². The summed E-state index contributed by atoms with van der Waals surface area (Å²) in [6, 6.07) is 4.03. The summed E-state index contributed by atoms with van der Waals surface area (Å²) >= 11 is 5.93. The molecule has 0 spiro atoms. The van der Waals surface area contributed by atoms with Crippen LogP contribution in [0.1, 0.15) is 24.4 Å². The quantitative estimate of drug-likeness (QED) is 0.860. The van der Waals surface area contributed by atoms with Gasteiger partial charge >= 0.3 is 6.18 Å². The molecule has 22 heavy (non-hydrogen) atoms. The Morgan fingerprint density at radius 2 is 1.91 bits per heavy atom. The second kappa shape index (κ2) is 8.24. The zero-order chi connectivity index (χ0) is 15.5. The summed E-state index contributed by atoms with van der Waals surface area (Å²) in [7, 11) is 0. The maximum atomic E-state index is 12.6. The summed E-state index contributed by atoms with van der Waals surface area (Å²) < 4.78 is 37.7. The number of hydrogen-bond donors (Lipinski definition) is 2. The zero-order valence-electron chi connectivity index (χ0n) is 11.9. The predicted molar refractivity (Wildman–Crippen MR) is 82.8 cm³/mol. The van der Waals surface area contributed by atoms with E-state index in [1.807, 2.05) is 4.90 Å². The molecule has 2 rings (SSSR count). The highest BCUT2D eigenvalue weighted by Crippen LogP contribution is 2.36. The fourth-order valence-corrected chi connectivity index (χ4v) is 2.80. The molecule has 0 bridgehead atoms. The topological polar surface area (TPSA) is 35.5 Å². The third-order valence-corrected chi connectivity index (χ3v) is 3.88. The number of halogens is 5. The van der Waals surface area contributed by atoms with E-state index in [0.29, 0.717) is 23.7 Å². The number of aromatic hydroxyl groups is 1. The van der Waals surface area contributed by atoms with Crippen molar-refractivity contribution in [1.82, 2.24) is 10.2 Å². The van der Waals surface area contributed by atoms with Gasteiger partial charge in [0.05, 0.1) is 0 Å². The number of nitrogens with zero attached hydrogens (tertiary/aromatic N) is 1. The van der Waals surface area contributed by atoms with Crippen LogP contribution in [0.3, 0.4) is 0 Å². The lowest BCUT2D eigenvalue weighted by atomic mass is 9.98. The monoisotopic (exact) mass is 358 g/mol. The molecule has 0 saturated carbocycles. The summed E-state index contributed by atoms with van der Waals surface area (Å²) in [4.78, 5) is 1.97. The molecule has 1 aliphatic rings. The van der Waals surface area contributed by atoms with E-state index >= 15 is 0 Å². The van der Waals surface area contributed by atoms with Crippen molar-refractivity contribution in [2.24, 2.45) is 0 Å². The van der Waals surface area contributed by atoms with E-state index in [0.717, 1.165) is 13.1 Å². The number of phenolic OH excluding ortho intramolecular Hbond substituents is 1. The number of piperazine rings is 1. The van der Waals surface area contributed by atoms with Crippen molar-refractivity contribution in [2.45, 2.75) is 25.1 Å². The van der Waals surface area contributed by atoms with Crippen LogP contribution in [0.4, 0.5) is 13.2 Å². The minimum Gasteiger partial charge on any atom is -0.508 e. The molecular formula is C14H19Cl2F3N2O. The molecular weight excluding hydrogens is 340 g/mol. The van der Waals surface area contributed by atoms with Gasteiger partial charge in [0, 0.05) is 49.2 Å². The van der Waals surface area contributed by atoms with Crippen molar-refractivity contribution in [2.75, 3.05) is 26.2 Å². The smallest absolute Gasteiger partial charge is 0.389 e. The third kappa shape index (κ3) is 5.50. The molecule has 1 atom stereocenters. The number of phenols is 1. The predicted octanol–water partition coefficient (Wildman–Crippen LogP) is 3.76. The lowest BCUT2D eigenvalue weighted by Crippen LogP contribution is -2.45. The molecule has 3 nitrogen and oxygen atoms in total. The molecule has 1 fully saturated rings. The van der Waals surface area contributed by atoms with Crippen LogP contribution >= 0.6 is 24.0 Å². The Morgan fingerprint density at radius 3 is 2.50 bits per heavy atom. The van der Waals surface area contributed by atoms with Gasteiger partial charge in [0.2, 0.25) is 0 Å². The van der Waals surface area contributed by atoms with Crippen molar-refractivity contribution in [3.8, 4) is 5.75 Å². The second-order valence-electron chi connectivity index (χ2n) is 5.16. The fraction of sp³-hybridized carbons (Fsp3) is 0.571. The first-order chi connectivity index (χ1) is 9.87. The minimum absolute atomic E-state index is 0. The first-order valence-corrected chi connectivity index (χ1v) is 7.24. The molecule has 0 aliphatic carbocycles. The standard InChI is InChI=1S/C14H18ClF3N2O.ClH/c15-10-1-2-13(21)11(9-10)12(3-4-14(16,17)18)20-7-5-19-6-8-20;/h1-2,9,12,19,21H,3-8H2;1H/t12-;/m0./s1. The zero-order valence-corrected chi connectivity index (χ0v) is 13.4. The number of benzene rings is 1. The third-order valence-electron chi connectivity index (χ3n) is 3.64. The van der Waals surface area contributed by atoms with Crippen molar-refractivity contribution in [3.63, 3.8) is 0 Å². The van der Waals surface area contributed by atoms with Gasteiger partial charge in [-0.2, -0.15) is 13.2 Å². The maximum absolute atomic E-state index is 12.6. The highest BCUT2D eigenvalue weighted by atomic mass is 35.5. The number of rotatable bonds is 4. The van der Waals surface area contributed by atoms with E-state index in [-0.39, 0.29) is 24.6 Å². The van der Waals surface area contributed by atoms with Gasteiger partial charge in [-0.3, -0.25) is 4.90 Å². The van der Waals surface area contributed by atoms with Gasteiger partial charge in [0.25, 0.3) is 0 Å². The summed E-state index contributed by atoms with van der Waals surface area (Å²) in [6.45, 7) is 2.75. The van der Waals surface area contributed by atoms with Crippen LogP contribution in [0.15, 0.2) is 18.2 Å². The molecule has 0 radical (unpaired) electrons. The molecule has 126 valence electrons. The van der Waals surface area contributed by atoms with Crippen LogP contribution in [-0.2, 0) is 0 Å². The van der Waals surface area contributed by atoms with Crippen LogP contribution in [-0.4, -0.2) is 42.4 Å². The van der Waals surface area contributed by atoms with Gasteiger partial charge in [-0.1, -0.05) is 11.6 Å². The van der Waals surface area contributed by atoms with Crippen molar-refractivity contribution in [1.29, 1.82) is 0 Å². The second-order valence-corrected chi connectivity index (χ2v) is 5.60. The molecule has 1 aromatic carbocycles. The first kappa shape index (κ1) is 19.4. The normalized spacial score (nSPS) is 17.8. The summed E-state index contributed by atoms with van der Waals surface area (Å²) in [6.07, 6.45) is -5.18. The Balaban J connectivity index is 0.00000242. The van der Waals surface area contributed by atoms with Crippen LogP contribution < -0.4 is 5.32 Å². The molecule has 2 N–H and O–H groups in total. The Bertz CT molecular complexity index is 480. The summed E-state index contributed by atoms with van der Waals surface area (Å²) in [5, 5.41) is 13.6. The molecule has 0 unspecified atom stereocenters. The molecule has 1 aromatic rings. The Kier molecular flexibility index (Phi) is 7.25. The molecule has 0 aromatic heterocycles. The average molecular weight is 359 g/mol. The summed E-state index contributed by atoms with van der Waals surface area (Å²) in [5.41, 5.74) is 0.466. The molecule has 0 amide bonds. The molecule has 1 saturated heterocycles. The fourth-order valence-electron chi connectivity index (χ4n) is 2.62. The van der Waals surface area contributed by atoms with Gasteiger partial charge in [-0.25, -0.2) is 0 Å². The van der Waals surface area contributed by atoms with Crippen molar-refractivity contribution < 1.29 is 18.3 Å². The van der Waals surface area contributed by atoms with Gasteiger partial charge < -0.3 is 10.4 Å². The first-order valence-electron chi connectivity index (χ1n) is 6.87. The van der Waals surface area contributed by atoms with E-state index < -0.39 is 18.6 Å².